The van der Waals surface area contributed by atoms with Crippen LogP contribution in [0.25, 0.3) is 0 Å². The Hall–Kier alpha value is -1.55. The monoisotopic (exact) mass is 301 g/mol. The Labute approximate surface area is 132 Å². The van der Waals surface area contributed by atoms with Crippen LogP contribution >= 0.6 is 0 Å². The Morgan fingerprint density at radius 3 is 2.55 bits per heavy atom. The Morgan fingerprint density at radius 1 is 1.27 bits per heavy atom. The van der Waals surface area contributed by atoms with E-state index in [1.54, 1.807) is 0 Å². The predicted octanol–water partition coefficient (Wildman–Crippen LogP) is 2.97. The summed E-state index contributed by atoms with van der Waals surface area (Å²) in [5.74, 6) is 0.436. The highest BCUT2D eigenvalue weighted by atomic mass is 16.3. The molecule has 2 fully saturated rings. The highest BCUT2D eigenvalue weighted by Crippen LogP contribution is 2.64. The van der Waals surface area contributed by atoms with Gasteiger partial charge in [-0.2, -0.15) is 0 Å². The van der Waals surface area contributed by atoms with Crippen LogP contribution < -0.4 is 11.1 Å². The summed E-state index contributed by atoms with van der Waals surface area (Å²) in [4.78, 5) is 4.48. The van der Waals surface area contributed by atoms with Crippen molar-refractivity contribution in [2.24, 2.45) is 21.6 Å². The molecule has 0 heterocycles. The van der Waals surface area contributed by atoms with E-state index in [0.717, 1.165) is 18.5 Å². The molecule has 4 heteroatoms. The number of nitrogens with two attached hydrogens (primary N) is 1. The van der Waals surface area contributed by atoms with Crippen LogP contribution in [0.4, 0.5) is 5.69 Å². The number of benzene rings is 1. The fourth-order valence-electron chi connectivity index (χ4n) is 4.10. The van der Waals surface area contributed by atoms with Gasteiger partial charge in [-0.3, -0.25) is 4.99 Å². The largest absolute Gasteiger partial charge is 0.396 e. The fraction of sp³-hybridized carbons (Fsp3) is 0.611. The first-order valence-electron chi connectivity index (χ1n) is 8.21. The lowest BCUT2D eigenvalue weighted by Gasteiger charge is -2.60. The van der Waals surface area contributed by atoms with E-state index in [0.29, 0.717) is 17.9 Å². The van der Waals surface area contributed by atoms with Crippen LogP contribution in [0.2, 0.25) is 0 Å². The molecule has 0 atom stereocenters. The zero-order valence-electron chi connectivity index (χ0n) is 13.7. The van der Waals surface area contributed by atoms with Crippen LogP contribution in [0.1, 0.15) is 43.2 Å². The summed E-state index contributed by atoms with van der Waals surface area (Å²) in [6.45, 7) is 5.01. The van der Waals surface area contributed by atoms with Gasteiger partial charge < -0.3 is 16.2 Å². The van der Waals surface area contributed by atoms with Crippen molar-refractivity contribution in [3.8, 4) is 0 Å². The molecule has 0 aromatic heterocycles. The maximum atomic E-state index is 9.73. The van der Waals surface area contributed by atoms with Gasteiger partial charge in [-0.25, -0.2) is 0 Å². The number of anilines is 1. The summed E-state index contributed by atoms with van der Waals surface area (Å²) < 4.78 is 0. The van der Waals surface area contributed by atoms with Crippen LogP contribution in [0, 0.1) is 24.7 Å². The van der Waals surface area contributed by atoms with E-state index >= 15 is 0 Å². The molecular formula is C18H27N3O. The number of aliphatic hydroxyl groups is 1. The van der Waals surface area contributed by atoms with Gasteiger partial charge in [0.2, 0.25) is 0 Å². The molecule has 2 aliphatic rings. The van der Waals surface area contributed by atoms with Crippen molar-refractivity contribution in [1.29, 1.82) is 0 Å². The van der Waals surface area contributed by atoms with Crippen molar-refractivity contribution in [2.75, 3.05) is 18.5 Å². The van der Waals surface area contributed by atoms with Crippen LogP contribution in [0.5, 0.6) is 0 Å². The lowest BCUT2D eigenvalue weighted by molar-refractivity contribution is -0.114. The summed E-state index contributed by atoms with van der Waals surface area (Å²) in [6.07, 6.45) is 6.22. The standard InChI is InChI=1S/C18H27N3O/c1-13-4-5-15(8-14(13)2)21-16(19)20-11-18(12-22)9-17(10-18)6-3-7-17/h4-5,8,22H,3,6-7,9-12H2,1-2H3,(H3,19,20,21). The zero-order valence-corrected chi connectivity index (χ0v) is 13.7. The van der Waals surface area contributed by atoms with Gasteiger partial charge >= 0.3 is 0 Å². The normalized spacial score (nSPS) is 22.0. The summed E-state index contributed by atoms with van der Waals surface area (Å²) in [5, 5.41) is 12.9. The molecule has 1 spiro atoms. The predicted molar refractivity (Wildman–Crippen MR) is 91.1 cm³/mol. The molecule has 4 N–H and O–H groups in total. The molecule has 0 saturated heterocycles. The molecule has 0 radical (unpaired) electrons. The Morgan fingerprint density at radius 2 is 2.00 bits per heavy atom. The highest BCUT2D eigenvalue weighted by molar-refractivity contribution is 5.92. The van der Waals surface area contributed by atoms with E-state index in [4.69, 9.17) is 5.73 Å². The lowest BCUT2D eigenvalue weighted by atomic mass is 9.45. The number of hydrogen-bond donors (Lipinski definition) is 3. The summed E-state index contributed by atoms with van der Waals surface area (Å²) in [6, 6.07) is 6.16. The van der Waals surface area contributed by atoms with E-state index < -0.39 is 0 Å². The minimum atomic E-state index is -0.0318. The summed E-state index contributed by atoms with van der Waals surface area (Å²) in [5.41, 5.74) is 9.97. The van der Waals surface area contributed by atoms with E-state index in [1.165, 1.54) is 30.4 Å². The number of nitrogens with one attached hydrogen (secondary N) is 1. The van der Waals surface area contributed by atoms with E-state index in [2.05, 4.69) is 36.3 Å². The van der Waals surface area contributed by atoms with Gasteiger partial charge in [-0.05, 0) is 68.2 Å². The SMILES string of the molecule is Cc1ccc(NC(N)=NCC2(CO)CC3(CCC3)C2)cc1C. The molecule has 0 unspecified atom stereocenters. The molecule has 1 aromatic rings. The first kappa shape index (κ1) is 15.3. The van der Waals surface area contributed by atoms with Gasteiger partial charge in [0.25, 0.3) is 0 Å². The molecular weight excluding hydrogens is 274 g/mol. The third kappa shape index (κ3) is 2.84. The van der Waals surface area contributed by atoms with Crippen LogP contribution in [-0.4, -0.2) is 24.2 Å². The van der Waals surface area contributed by atoms with E-state index in [-0.39, 0.29) is 12.0 Å². The summed E-state index contributed by atoms with van der Waals surface area (Å²) in [7, 11) is 0. The second-order valence-corrected chi connectivity index (χ2v) is 7.49. The Kier molecular flexibility index (Phi) is 3.89. The number of aliphatic hydroxyl groups excluding tert-OH is 1. The number of nitrogens with zero attached hydrogens (tertiary/aromatic N) is 1. The number of aliphatic imine (C=N–C) groups is 1. The van der Waals surface area contributed by atoms with Crippen LogP contribution in [0.15, 0.2) is 23.2 Å². The molecule has 1 aromatic carbocycles. The van der Waals surface area contributed by atoms with Crippen LogP contribution in [-0.2, 0) is 0 Å². The van der Waals surface area contributed by atoms with Crippen molar-refractivity contribution < 1.29 is 5.11 Å². The zero-order chi connectivity index (χ0) is 15.8. The van der Waals surface area contributed by atoms with Crippen molar-refractivity contribution in [2.45, 2.75) is 46.0 Å². The molecule has 0 amide bonds. The van der Waals surface area contributed by atoms with Crippen molar-refractivity contribution in [3.63, 3.8) is 0 Å². The van der Waals surface area contributed by atoms with Crippen molar-refractivity contribution >= 4 is 11.6 Å². The minimum absolute atomic E-state index is 0.0318. The summed E-state index contributed by atoms with van der Waals surface area (Å²) >= 11 is 0. The van der Waals surface area contributed by atoms with Gasteiger partial charge in [0.15, 0.2) is 5.96 Å². The number of aryl methyl sites for hydroxylation is 2. The van der Waals surface area contributed by atoms with E-state index in [1.807, 2.05) is 6.07 Å². The number of rotatable bonds is 4. The second-order valence-electron chi connectivity index (χ2n) is 7.49. The van der Waals surface area contributed by atoms with Gasteiger partial charge in [0.05, 0.1) is 13.2 Å². The Balaban J connectivity index is 1.58. The lowest BCUT2D eigenvalue weighted by Crippen LogP contribution is -2.54. The first-order chi connectivity index (χ1) is 10.5. The maximum absolute atomic E-state index is 9.73. The molecule has 0 aliphatic heterocycles. The third-order valence-electron chi connectivity index (χ3n) is 5.61. The molecule has 120 valence electrons. The average Bonchev–Trinajstić information content (AvgIpc) is 2.40. The number of hydrogen-bond acceptors (Lipinski definition) is 2. The van der Waals surface area contributed by atoms with Gasteiger partial charge in [0.1, 0.15) is 0 Å². The smallest absolute Gasteiger partial charge is 0.193 e. The molecule has 4 nitrogen and oxygen atoms in total. The van der Waals surface area contributed by atoms with Crippen molar-refractivity contribution in [1.82, 2.24) is 0 Å². The highest BCUT2D eigenvalue weighted by Gasteiger charge is 2.56. The number of guanidine groups is 1. The fourth-order valence-corrected chi connectivity index (χ4v) is 4.10. The van der Waals surface area contributed by atoms with Gasteiger partial charge in [-0.15, -0.1) is 0 Å². The van der Waals surface area contributed by atoms with Gasteiger partial charge in [0, 0.05) is 11.1 Å². The van der Waals surface area contributed by atoms with E-state index in [9.17, 15) is 5.11 Å². The quantitative estimate of drug-likeness (QED) is 0.591. The second kappa shape index (κ2) is 5.58. The average molecular weight is 301 g/mol. The molecule has 22 heavy (non-hydrogen) atoms. The van der Waals surface area contributed by atoms with Gasteiger partial charge in [-0.1, -0.05) is 12.5 Å². The minimum Gasteiger partial charge on any atom is -0.396 e. The topological polar surface area (TPSA) is 70.6 Å². The molecule has 3 rings (SSSR count). The molecule has 2 aliphatic carbocycles. The molecule has 2 saturated carbocycles. The van der Waals surface area contributed by atoms with Crippen LogP contribution in [0.3, 0.4) is 0 Å². The maximum Gasteiger partial charge on any atom is 0.193 e. The Bertz CT molecular complexity index is 582. The molecule has 0 bridgehead atoms. The third-order valence-corrected chi connectivity index (χ3v) is 5.61. The first-order valence-corrected chi connectivity index (χ1v) is 8.21. The van der Waals surface area contributed by atoms with Crippen molar-refractivity contribution in [3.05, 3.63) is 29.3 Å².